The third-order valence-corrected chi connectivity index (χ3v) is 4.40. The van der Waals surface area contributed by atoms with Crippen molar-refractivity contribution in [2.75, 3.05) is 0 Å². The molecular formula is C19H21ClN4O4. The van der Waals surface area contributed by atoms with E-state index in [2.05, 4.69) is 18.5 Å². The number of halogens is 1. The fourth-order valence-electron chi connectivity index (χ4n) is 2.72. The number of nitrogens with one attached hydrogen (secondary N) is 1. The van der Waals surface area contributed by atoms with Crippen LogP contribution in [0.15, 0.2) is 64.0 Å². The SMILES string of the molecule is C=CCn1c(=O)n(CC=C)c(=O)n(CC(=O)N[C@@H](C)c2ccccc2Cl)c1=O. The van der Waals surface area contributed by atoms with Crippen molar-refractivity contribution in [1.82, 2.24) is 19.0 Å². The molecule has 0 unspecified atom stereocenters. The van der Waals surface area contributed by atoms with E-state index in [9.17, 15) is 19.2 Å². The molecule has 0 aliphatic heterocycles. The molecule has 0 fully saturated rings. The Morgan fingerprint density at radius 3 is 2.04 bits per heavy atom. The van der Waals surface area contributed by atoms with Crippen LogP contribution in [0.4, 0.5) is 0 Å². The molecule has 0 saturated heterocycles. The van der Waals surface area contributed by atoms with Gasteiger partial charge in [0, 0.05) is 5.02 Å². The number of carbonyl (C=O) groups is 1. The molecule has 0 spiro atoms. The lowest BCUT2D eigenvalue weighted by atomic mass is 10.1. The molecule has 1 heterocycles. The molecule has 2 rings (SSSR count). The minimum atomic E-state index is -0.879. The maximum absolute atomic E-state index is 12.5. The van der Waals surface area contributed by atoms with Gasteiger partial charge in [-0.15, -0.1) is 13.2 Å². The normalized spacial score (nSPS) is 11.6. The van der Waals surface area contributed by atoms with Crippen LogP contribution in [0.2, 0.25) is 5.02 Å². The summed E-state index contributed by atoms with van der Waals surface area (Å²) in [4.78, 5) is 49.9. The zero-order valence-electron chi connectivity index (χ0n) is 15.4. The Bertz CT molecular complexity index is 1030. The van der Waals surface area contributed by atoms with E-state index in [-0.39, 0.29) is 13.1 Å². The second kappa shape index (κ2) is 9.18. The van der Waals surface area contributed by atoms with Crippen molar-refractivity contribution in [3.63, 3.8) is 0 Å². The van der Waals surface area contributed by atoms with Gasteiger partial charge in [-0.1, -0.05) is 42.0 Å². The molecule has 1 aromatic carbocycles. The van der Waals surface area contributed by atoms with Crippen LogP contribution in [0.25, 0.3) is 0 Å². The average Bonchev–Trinajstić information content (AvgIpc) is 2.66. The molecular weight excluding hydrogens is 384 g/mol. The van der Waals surface area contributed by atoms with Crippen LogP contribution in [0, 0.1) is 0 Å². The first-order valence-corrected chi connectivity index (χ1v) is 8.89. The van der Waals surface area contributed by atoms with Crippen molar-refractivity contribution < 1.29 is 4.79 Å². The average molecular weight is 405 g/mol. The van der Waals surface area contributed by atoms with E-state index in [1.807, 2.05) is 0 Å². The highest BCUT2D eigenvalue weighted by atomic mass is 35.5. The molecule has 1 N–H and O–H groups in total. The molecule has 0 aliphatic carbocycles. The molecule has 28 heavy (non-hydrogen) atoms. The number of nitrogens with zero attached hydrogens (tertiary/aromatic N) is 3. The molecule has 0 saturated carbocycles. The minimum absolute atomic E-state index is 0.0905. The van der Waals surface area contributed by atoms with Gasteiger partial charge in [0.2, 0.25) is 5.91 Å². The van der Waals surface area contributed by atoms with Gasteiger partial charge in [-0.25, -0.2) is 28.1 Å². The summed E-state index contributed by atoms with van der Waals surface area (Å²) in [6.45, 7) is 8.01. The fraction of sp³-hybridized carbons (Fsp3) is 0.263. The van der Waals surface area contributed by atoms with Crippen molar-refractivity contribution in [1.29, 1.82) is 0 Å². The second-order valence-electron chi connectivity index (χ2n) is 6.04. The molecule has 1 atom stereocenters. The lowest BCUT2D eigenvalue weighted by Crippen LogP contribution is -2.55. The second-order valence-corrected chi connectivity index (χ2v) is 6.45. The Morgan fingerprint density at radius 2 is 1.54 bits per heavy atom. The summed E-state index contributed by atoms with van der Waals surface area (Å²) in [6.07, 6.45) is 2.71. The van der Waals surface area contributed by atoms with Gasteiger partial charge in [0.25, 0.3) is 0 Å². The Morgan fingerprint density at radius 1 is 1.04 bits per heavy atom. The predicted octanol–water partition coefficient (Wildman–Crippen LogP) is 1.07. The third-order valence-electron chi connectivity index (χ3n) is 4.06. The number of carbonyl (C=O) groups excluding carboxylic acids is 1. The third kappa shape index (κ3) is 4.40. The molecule has 2 aromatic rings. The van der Waals surface area contributed by atoms with Gasteiger partial charge in [-0.2, -0.15) is 0 Å². The number of allylic oxidation sites excluding steroid dienone is 2. The summed E-state index contributed by atoms with van der Waals surface area (Å²) in [6, 6.07) is 6.58. The van der Waals surface area contributed by atoms with Crippen LogP contribution in [-0.4, -0.2) is 19.6 Å². The smallest absolute Gasteiger partial charge is 0.337 e. The lowest BCUT2D eigenvalue weighted by Gasteiger charge is -2.17. The van der Waals surface area contributed by atoms with Gasteiger partial charge in [0.05, 0.1) is 19.1 Å². The number of aromatic nitrogens is 3. The number of rotatable bonds is 8. The molecule has 0 aliphatic rings. The Hall–Kier alpha value is -3.13. The van der Waals surface area contributed by atoms with E-state index in [0.29, 0.717) is 15.2 Å². The van der Waals surface area contributed by atoms with Crippen LogP contribution in [0.1, 0.15) is 18.5 Å². The van der Waals surface area contributed by atoms with Gasteiger partial charge in [0.15, 0.2) is 0 Å². The summed E-state index contributed by atoms with van der Waals surface area (Å²) in [5, 5.41) is 3.18. The summed E-state index contributed by atoms with van der Waals surface area (Å²) < 4.78 is 2.38. The number of amides is 1. The van der Waals surface area contributed by atoms with Crippen molar-refractivity contribution in [3.8, 4) is 0 Å². The highest BCUT2D eigenvalue weighted by molar-refractivity contribution is 6.31. The van der Waals surface area contributed by atoms with Crippen molar-refractivity contribution >= 4 is 17.5 Å². The van der Waals surface area contributed by atoms with Crippen molar-refractivity contribution in [3.05, 3.63) is 91.6 Å². The standard InChI is InChI=1S/C19H21ClN4O4/c1-4-10-22-17(26)23(11-5-2)19(28)24(18(22)27)12-16(25)21-13(3)14-8-6-7-9-15(14)20/h4-9,13H,1-2,10-12H2,3H3,(H,21,25)/t13-/m0/s1. The molecule has 0 radical (unpaired) electrons. The van der Waals surface area contributed by atoms with E-state index >= 15 is 0 Å². The van der Waals surface area contributed by atoms with Gasteiger partial charge in [0.1, 0.15) is 6.54 Å². The topological polar surface area (TPSA) is 95.1 Å². The summed E-state index contributed by atoms with van der Waals surface area (Å²) >= 11 is 6.13. The maximum atomic E-state index is 12.5. The van der Waals surface area contributed by atoms with Crippen LogP contribution in [0.3, 0.4) is 0 Å². The quantitative estimate of drug-likeness (QED) is 0.666. The van der Waals surface area contributed by atoms with E-state index < -0.39 is 35.6 Å². The van der Waals surface area contributed by atoms with Crippen molar-refractivity contribution in [2.45, 2.75) is 32.6 Å². The van der Waals surface area contributed by atoms with Crippen molar-refractivity contribution in [2.24, 2.45) is 0 Å². The van der Waals surface area contributed by atoms with Gasteiger partial charge < -0.3 is 5.32 Å². The molecule has 9 heteroatoms. The fourth-order valence-corrected chi connectivity index (χ4v) is 3.02. The first-order chi connectivity index (χ1) is 13.3. The zero-order valence-corrected chi connectivity index (χ0v) is 16.2. The van der Waals surface area contributed by atoms with Crippen LogP contribution >= 0.6 is 11.6 Å². The zero-order chi connectivity index (χ0) is 20.8. The van der Waals surface area contributed by atoms with Crippen LogP contribution in [-0.2, 0) is 24.4 Å². The molecule has 148 valence electrons. The molecule has 1 aromatic heterocycles. The predicted molar refractivity (Wildman–Crippen MR) is 108 cm³/mol. The number of hydrogen-bond donors (Lipinski definition) is 1. The highest BCUT2D eigenvalue weighted by Gasteiger charge is 2.18. The maximum Gasteiger partial charge on any atom is 0.337 e. The molecule has 1 amide bonds. The first-order valence-electron chi connectivity index (χ1n) is 8.51. The molecule has 0 bridgehead atoms. The van der Waals surface area contributed by atoms with E-state index in [0.717, 1.165) is 9.13 Å². The van der Waals surface area contributed by atoms with Gasteiger partial charge >= 0.3 is 17.1 Å². The summed E-state index contributed by atoms with van der Waals surface area (Å²) in [7, 11) is 0. The van der Waals surface area contributed by atoms with Gasteiger partial charge in [-0.3, -0.25) is 4.79 Å². The first kappa shape index (κ1) is 21.2. The van der Waals surface area contributed by atoms with Crippen LogP contribution < -0.4 is 22.4 Å². The van der Waals surface area contributed by atoms with Crippen LogP contribution in [0.5, 0.6) is 0 Å². The summed E-state index contributed by atoms with van der Waals surface area (Å²) in [5.41, 5.74) is -1.84. The number of benzene rings is 1. The lowest BCUT2D eigenvalue weighted by molar-refractivity contribution is -0.122. The van der Waals surface area contributed by atoms with Gasteiger partial charge in [-0.05, 0) is 18.6 Å². The Balaban J connectivity index is 2.38. The molecule has 8 nitrogen and oxygen atoms in total. The Kier molecular flexibility index (Phi) is 6.94. The van der Waals surface area contributed by atoms with E-state index in [1.54, 1.807) is 31.2 Å². The Labute approximate surface area is 166 Å². The van der Waals surface area contributed by atoms with E-state index in [1.165, 1.54) is 12.2 Å². The van der Waals surface area contributed by atoms with E-state index in [4.69, 9.17) is 11.6 Å². The number of hydrogen-bond acceptors (Lipinski definition) is 4. The summed E-state index contributed by atoms with van der Waals surface area (Å²) in [5.74, 6) is -0.569. The highest BCUT2D eigenvalue weighted by Crippen LogP contribution is 2.21. The minimum Gasteiger partial charge on any atom is -0.348 e. The largest absolute Gasteiger partial charge is 0.348 e. The monoisotopic (exact) mass is 404 g/mol.